The molecule has 1 aliphatic rings. The summed E-state index contributed by atoms with van der Waals surface area (Å²) in [6.45, 7) is 8.24. The summed E-state index contributed by atoms with van der Waals surface area (Å²) < 4.78 is 45.3. The fraction of sp³-hybridized carbons (Fsp3) is 0.500. The van der Waals surface area contributed by atoms with Gasteiger partial charge in [0, 0.05) is 26.2 Å². The van der Waals surface area contributed by atoms with Gasteiger partial charge in [0.15, 0.2) is 5.76 Å². The zero-order valence-electron chi connectivity index (χ0n) is 17.6. The maximum absolute atomic E-state index is 13.1. The number of hydrogen-bond donors (Lipinski definition) is 1. The number of benzene rings is 1. The lowest BCUT2D eigenvalue weighted by molar-refractivity contribution is -0.127. The molecule has 3 rings (SSSR count). The van der Waals surface area contributed by atoms with E-state index in [0.29, 0.717) is 18.8 Å². The first-order valence-corrected chi connectivity index (χ1v) is 11.3. The van der Waals surface area contributed by atoms with Gasteiger partial charge in [-0.15, -0.1) is 0 Å². The molecule has 2 heterocycles. The van der Waals surface area contributed by atoms with Gasteiger partial charge in [-0.3, -0.25) is 9.69 Å². The van der Waals surface area contributed by atoms with Gasteiger partial charge in [0.2, 0.25) is 15.9 Å². The summed E-state index contributed by atoms with van der Waals surface area (Å²) in [6.07, 6.45) is 0. The minimum Gasteiger partial charge on any atom is -0.360 e. The second kappa shape index (κ2) is 8.83. The van der Waals surface area contributed by atoms with Gasteiger partial charge in [-0.05, 0) is 45.4 Å². The maximum atomic E-state index is 13.1. The first kappa shape index (κ1) is 22.4. The van der Waals surface area contributed by atoms with Crippen molar-refractivity contribution in [2.45, 2.75) is 44.7 Å². The van der Waals surface area contributed by atoms with E-state index in [4.69, 9.17) is 4.52 Å². The molecule has 1 amide bonds. The van der Waals surface area contributed by atoms with Crippen LogP contribution in [0, 0.1) is 19.7 Å². The van der Waals surface area contributed by atoms with Crippen LogP contribution >= 0.6 is 0 Å². The van der Waals surface area contributed by atoms with Crippen LogP contribution in [0.4, 0.5) is 4.39 Å². The van der Waals surface area contributed by atoms with Gasteiger partial charge in [0.25, 0.3) is 0 Å². The van der Waals surface area contributed by atoms with Gasteiger partial charge in [-0.1, -0.05) is 17.3 Å². The van der Waals surface area contributed by atoms with Gasteiger partial charge in [-0.2, -0.15) is 4.31 Å². The zero-order chi connectivity index (χ0) is 22.1. The second-order valence-electron chi connectivity index (χ2n) is 7.55. The Kier molecular flexibility index (Phi) is 6.59. The molecule has 0 aliphatic carbocycles. The summed E-state index contributed by atoms with van der Waals surface area (Å²) in [7, 11) is -3.69. The third kappa shape index (κ3) is 4.55. The van der Waals surface area contributed by atoms with Crippen LogP contribution in [0.3, 0.4) is 0 Å². The standard InChI is InChI=1S/C20H27FN4O4S/c1-13(17-5-7-18(21)8-6-17)22-20(26)15(3)24-9-11-25(12-10-24)30(27,28)19-14(2)23-29-16(19)4/h5-8,13,15H,9-12H2,1-4H3,(H,22,26). The van der Waals surface area contributed by atoms with Crippen LogP contribution in [0.2, 0.25) is 0 Å². The number of sulfonamides is 1. The van der Waals surface area contributed by atoms with Crippen molar-refractivity contribution < 1.29 is 22.1 Å². The van der Waals surface area contributed by atoms with E-state index in [-0.39, 0.29) is 41.5 Å². The number of hydrogen-bond acceptors (Lipinski definition) is 6. The summed E-state index contributed by atoms with van der Waals surface area (Å²) in [5, 5.41) is 6.67. The Morgan fingerprint density at radius 2 is 1.73 bits per heavy atom. The number of carbonyl (C=O) groups is 1. The van der Waals surface area contributed by atoms with E-state index in [1.807, 2.05) is 11.8 Å². The summed E-state index contributed by atoms with van der Waals surface area (Å²) in [5.74, 6) is -0.207. The predicted molar refractivity (Wildman–Crippen MR) is 109 cm³/mol. The smallest absolute Gasteiger partial charge is 0.248 e. The normalized spacial score (nSPS) is 18.2. The summed E-state index contributed by atoms with van der Waals surface area (Å²) in [5.41, 5.74) is 1.16. The van der Waals surface area contributed by atoms with E-state index in [1.54, 1.807) is 32.9 Å². The Labute approximate surface area is 176 Å². The van der Waals surface area contributed by atoms with Crippen LogP contribution in [0.25, 0.3) is 0 Å². The molecule has 2 atom stereocenters. The molecule has 1 aliphatic heterocycles. The lowest BCUT2D eigenvalue weighted by Crippen LogP contribution is -2.55. The highest BCUT2D eigenvalue weighted by Gasteiger charge is 2.35. The van der Waals surface area contributed by atoms with Crippen LogP contribution in [-0.2, 0) is 14.8 Å². The molecule has 1 aromatic heterocycles. The molecule has 1 saturated heterocycles. The number of halogens is 1. The fourth-order valence-electron chi connectivity index (χ4n) is 3.64. The molecule has 0 spiro atoms. The molecule has 1 fully saturated rings. The lowest BCUT2D eigenvalue weighted by Gasteiger charge is -2.37. The van der Waals surface area contributed by atoms with Crippen molar-refractivity contribution in [2.24, 2.45) is 0 Å². The molecule has 10 heteroatoms. The van der Waals surface area contributed by atoms with Gasteiger partial charge in [0.1, 0.15) is 16.4 Å². The Morgan fingerprint density at radius 1 is 1.13 bits per heavy atom. The molecule has 2 unspecified atom stereocenters. The Morgan fingerprint density at radius 3 is 2.27 bits per heavy atom. The minimum absolute atomic E-state index is 0.120. The predicted octanol–water partition coefficient (Wildman–Crippen LogP) is 2.00. The Hall–Kier alpha value is -2.30. The van der Waals surface area contributed by atoms with E-state index in [1.165, 1.54) is 16.4 Å². The van der Waals surface area contributed by atoms with E-state index < -0.39 is 16.1 Å². The molecular formula is C20H27FN4O4S. The summed E-state index contributed by atoms with van der Waals surface area (Å²) in [6, 6.07) is 5.32. The van der Waals surface area contributed by atoms with Crippen molar-refractivity contribution in [3.63, 3.8) is 0 Å². The highest BCUT2D eigenvalue weighted by atomic mass is 32.2. The van der Waals surface area contributed by atoms with Crippen LogP contribution < -0.4 is 5.32 Å². The van der Waals surface area contributed by atoms with Crippen LogP contribution in [0.15, 0.2) is 33.7 Å². The first-order chi connectivity index (χ1) is 14.1. The van der Waals surface area contributed by atoms with Crippen molar-refractivity contribution >= 4 is 15.9 Å². The first-order valence-electron chi connectivity index (χ1n) is 9.84. The van der Waals surface area contributed by atoms with Gasteiger partial charge >= 0.3 is 0 Å². The van der Waals surface area contributed by atoms with E-state index in [0.717, 1.165) is 5.56 Å². The third-order valence-electron chi connectivity index (χ3n) is 5.49. The molecule has 8 nitrogen and oxygen atoms in total. The van der Waals surface area contributed by atoms with Gasteiger partial charge in [0.05, 0.1) is 12.1 Å². The highest BCUT2D eigenvalue weighted by Crippen LogP contribution is 2.24. The maximum Gasteiger partial charge on any atom is 0.248 e. The van der Waals surface area contributed by atoms with Crippen molar-refractivity contribution in [3.05, 3.63) is 47.1 Å². The van der Waals surface area contributed by atoms with E-state index in [2.05, 4.69) is 10.5 Å². The Bertz CT molecular complexity index is 979. The second-order valence-corrected chi connectivity index (χ2v) is 9.43. The van der Waals surface area contributed by atoms with Crippen LogP contribution in [-0.4, -0.2) is 60.9 Å². The molecule has 0 saturated carbocycles. The molecule has 1 aromatic carbocycles. The molecule has 0 radical (unpaired) electrons. The summed E-state index contributed by atoms with van der Waals surface area (Å²) >= 11 is 0. The van der Waals surface area contributed by atoms with Crippen molar-refractivity contribution in [1.82, 2.24) is 19.7 Å². The van der Waals surface area contributed by atoms with E-state index in [9.17, 15) is 17.6 Å². The number of piperazine rings is 1. The average Bonchev–Trinajstić information content (AvgIpc) is 3.06. The molecule has 0 bridgehead atoms. The SMILES string of the molecule is Cc1noc(C)c1S(=O)(=O)N1CCN(C(C)C(=O)NC(C)c2ccc(F)cc2)CC1. The number of aryl methyl sites for hydroxylation is 2. The van der Waals surface area contributed by atoms with Crippen molar-refractivity contribution in [3.8, 4) is 0 Å². The van der Waals surface area contributed by atoms with Crippen LogP contribution in [0.5, 0.6) is 0 Å². The van der Waals surface area contributed by atoms with Crippen LogP contribution in [0.1, 0.15) is 36.9 Å². The minimum atomic E-state index is -3.69. The van der Waals surface area contributed by atoms with Crippen molar-refractivity contribution in [2.75, 3.05) is 26.2 Å². The topological polar surface area (TPSA) is 95.8 Å². The van der Waals surface area contributed by atoms with E-state index >= 15 is 0 Å². The number of carbonyl (C=O) groups excluding carboxylic acids is 1. The lowest BCUT2D eigenvalue weighted by atomic mass is 10.1. The number of aromatic nitrogens is 1. The number of amides is 1. The zero-order valence-corrected chi connectivity index (χ0v) is 18.4. The average molecular weight is 439 g/mol. The third-order valence-corrected chi connectivity index (χ3v) is 7.64. The van der Waals surface area contributed by atoms with Crippen molar-refractivity contribution in [1.29, 1.82) is 0 Å². The van der Waals surface area contributed by atoms with Gasteiger partial charge < -0.3 is 9.84 Å². The fourth-order valence-corrected chi connectivity index (χ4v) is 5.35. The number of nitrogens with one attached hydrogen (secondary N) is 1. The number of rotatable bonds is 6. The molecule has 164 valence electrons. The molecule has 2 aromatic rings. The largest absolute Gasteiger partial charge is 0.360 e. The molecule has 30 heavy (non-hydrogen) atoms. The highest BCUT2D eigenvalue weighted by molar-refractivity contribution is 7.89. The Balaban J connectivity index is 1.59. The molecule has 1 N–H and O–H groups in total. The monoisotopic (exact) mass is 438 g/mol. The molecular weight excluding hydrogens is 411 g/mol. The van der Waals surface area contributed by atoms with Gasteiger partial charge in [-0.25, -0.2) is 12.8 Å². The quantitative estimate of drug-likeness (QED) is 0.741. The summed E-state index contributed by atoms with van der Waals surface area (Å²) in [4.78, 5) is 14.7. The number of nitrogens with zero attached hydrogens (tertiary/aromatic N) is 3.